The van der Waals surface area contributed by atoms with Crippen LogP contribution in [0.3, 0.4) is 0 Å². The topological polar surface area (TPSA) is 64.3 Å². The Kier molecular flexibility index (Phi) is 7.26. The maximum atomic E-state index is 13.4. The van der Waals surface area contributed by atoms with Crippen molar-refractivity contribution >= 4 is 24.1 Å². The quantitative estimate of drug-likeness (QED) is 0.743. The standard InChI is InChI=1S/C23H25FN2O2.ClH/c1-14-10-15(2)22(23(27)28)16(3)20(14)11-17-6-8-26(9-7-17)21-5-4-19(24)12-18(21)13-25;/h4-5,10,12,17H,6-9,11H2,1-3H3,(H,27,28);1H. The molecular weight excluding hydrogens is 391 g/mol. The molecule has 0 unspecified atom stereocenters. The second kappa shape index (κ2) is 9.28. The first-order valence-corrected chi connectivity index (χ1v) is 9.59. The Labute approximate surface area is 177 Å². The van der Waals surface area contributed by atoms with E-state index in [1.54, 1.807) is 6.07 Å². The van der Waals surface area contributed by atoms with E-state index in [1.165, 1.54) is 12.1 Å². The highest BCUT2D eigenvalue weighted by Crippen LogP contribution is 2.31. The highest BCUT2D eigenvalue weighted by atomic mass is 35.5. The van der Waals surface area contributed by atoms with Crippen molar-refractivity contribution in [1.29, 1.82) is 5.26 Å². The predicted molar refractivity (Wildman–Crippen MR) is 115 cm³/mol. The molecule has 154 valence electrons. The second-order valence-electron chi connectivity index (χ2n) is 7.70. The van der Waals surface area contributed by atoms with Crippen LogP contribution in [-0.4, -0.2) is 24.2 Å². The Morgan fingerprint density at radius 2 is 1.86 bits per heavy atom. The van der Waals surface area contributed by atoms with Crippen LogP contribution in [0.15, 0.2) is 24.3 Å². The molecule has 1 aliphatic heterocycles. The zero-order valence-corrected chi connectivity index (χ0v) is 17.8. The van der Waals surface area contributed by atoms with Gasteiger partial charge in [-0.25, -0.2) is 9.18 Å². The molecule has 0 atom stereocenters. The minimum absolute atomic E-state index is 0. The molecule has 1 aliphatic rings. The fraction of sp³-hybridized carbons (Fsp3) is 0.391. The average molecular weight is 417 g/mol. The number of halogens is 2. The van der Waals surface area contributed by atoms with E-state index in [9.17, 15) is 19.6 Å². The Balaban J connectivity index is 0.00000300. The summed E-state index contributed by atoms with van der Waals surface area (Å²) < 4.78 is 13.4. The van der Waals surface area contributed by atoms with Crippen molar-refractivity contribution in [3.8, 4) is 6.07 Å². The minimum Gasteiger partial charge on any atom is -0.478 e. The molecule has 0 saturated carbocycles. The Hall–Kier alpha value is -2.58. The first-order valence-electron chi connectivity index (χ1n) is 9.59. The molecule has 1 N–H and O–H groups in total. The maximum Gasteiger partial charge on any atom is 0.336 e. The Bertz CT molecular complexity index is 960. The molecule has 0 bridgehead atoms. The van der Waals surface area contributed by atoms with Gasteiger partial charge in [0, 0.05) is 13.1 Å². The summed E-state index contributed by atoms with van der Waals surface area (Å²) in [5, 5.41) is 18.8. The van der Waals surface area contributed by atoms with Gasteiger partial charge in [-0.1, -0.05) is 6.07 Å². The molecule has 0 aliphatic carbocycles. The third-order valence-corrected chi connectivity index (χ3v) is 5.87. The fourth-order valence-corrected chi connectivity index (χ4v) is 4.41. The summed E-state index contributed by atoms with van der Waals surface area (Å²) in [7, 11) is 0. The van der Waals surface area contributed by atoms with Gasteiger partial charge in [0.2, 0.25) is 0 Å². The molecule has 0 spiro atoms. The molecule has 1 saturated heterocycles. The number of hydrogen-bond acceptors (Lipinski definition) is 3. The molecule has 2 aromatic carbocycles. The number of aromatic carboxylic acids is 1. The molecule has 0 amide bonds. The van der Waals surface area contributed by atoms with Crippen LogP contribution in [0, 0.1) is 43.8 Å². The number of nitriles is 1. The number of rotatable bonds is 4. The number of benzene rings is 2. The van der Waals surface area contributed by atoms with Gasteiger partial charge in [-0.3, -0.25) is 0 Å². The van der Waals surface area contributed by atoms with E-state index < -0.39 is 11.8 Å². The number of carbonyl (C=O) groups is 1. The summed E-state index contributed by atoms with van der Waals surface area (Å²) in [6, 6.07) is 8.42. The Morgan fingerprint density at radius 3 is 2.45 bits per heavy atom. The third-order valence-electron chi connectivity index (χ3n) is 5.87. The van der Waals surface area contributed by atoms with Gasteiger partial charge in [-0.05, 0) is 86.4 Å². The number of aryl methyl sites for hydroxylation is 2. The molecule has 3 rings (SSSR count). The second-order valence-corrected chi connectivity index (χ2v) is 7.70. The van der Waals surface area contributed by atoms with Gasteiger partial charge in [0.15, 0.2) is 0 Å². The predicted octanol–water partition coefficient (Wildman–Crippen LogP) is 5.20. The molecule has 1 fully saturated rings. The van der Waals surface area contributed by atoms with Gasteiger partial charge in [0.25, 0.3) is 0 Å². The summed E-state index contributed by atoms with van der Waals surface area (Å²) in [6.07, 6.45) is 2.77. The molecule has 1 heterocycles. The Morgan fingerprint density at radius 1 is 1.21 bits per heavy atom. The number of piperidine rings is 1. The van der Waals surface area contributed by atoms with E-state index in [1.807, 2.05) is 26.8 Å². The van der Waals surface area contributed by atoms with E-state index in [-0.39, 0.29) is 12.4 Å². The van der Waals surface area contributed by atoms with Crippen LogP contribution in [0.4, 0.5) is 10.1 Å². The molecule has 2 aromatic rings. The van der Waals surface area contributed by atoms with Crippen molar-refractivity contribution in [1.82, 2.24) is 0 Å². The van der Waals surface area contributed by atoms with Gasteiger partial charge in [0.1, 0.15) is 11.9 Å². The third kappa shape index (κ3) is 4.71. The van der Waals surface area contributed by atoms with E-state index in [0.29, 0.717) is 17.0 Å². The maximum absolute atomic E-state index is 13.4. The zero-order chi connectivity index (χ0) is 20.4. The van der Waals surface area contributed by atoms with Crippen LogP contribution in [-0.2, 0) is 6.42 Å². The van der Waals surface area contributed by atoms with Crippen LogP contribution in [0.2, 0.25) is 0 Å². The first kappa shape index (κ1) is 22.7. The monoisotopic (exact) mass is 416 g/mol. The summed E-state index contributed by atoms with van der Waals surface area (Å²) in [5.74, 6) is -0.801. The largest absolute Gasteiger partial charge is 0.478 e. The van der Waals surface area contributed by atoms with Gasteiger partial charge >= 0.3 is 5.97 Å². The van der Waals surface area contributed by atoms with E-state index in [2.05, 4.69) is 11.0 Å². The fourth-order valence-electron chi connectivity index (χ4n) is 4.41. The summed E-state index contributed by atoms with van der Waals surface area (Å²) in [4.78, 5) is 13.8. The van der Waals surface area contributed by atoms with Crippen molar-refractivity contribution in [2.45, 2.75) is 40.0 Å². The van der Waals surface area contributed by atoms with E-state index in [4.69, 9.17) is 0 Å². The van der Waals surface area contributed by atoms with Crippen molar-refractivity contribution in [2.24, 2.45) is 5.92 Å². The van der Waals surface area contributed by atoms with E-state index >= 15 is 0 Å². The van der Waals surface area contributed by atoms with Crippen LogP contribution in [0.5, 0.6) is 0 Å². The summed E-state index contributed by atoms with van der Waals surface area (Å²) in [5.41, 5.74) is 5.55. The number of nitrogens with zero attached hydrogens (tertiary/aromatic N) is 2. The van der Waals surface area contributed by atoms with Crippen LogP contribution in [0.25, 0.3) is 0 Å². The number of anilines is 1. The average Bonchev–Trinajstić information content (AvgIpc) is 2.65. The highest BCUT2D eigenvalue weighted by molar-refractivity contribution is 5.91. The van der Waals surface area contributed by atoms with Gasteiger partial charge < -0.3 is 10.0 Å². The molecule has 0 radical (unpaired) electrons. The highest BCUT2D eigenvalue weighted by Gasteiger charge is 2.24. The molecule has 4 nitrogen and oxygen atoms in total. The van der Waals surface area contributed by atoms with Crippen molar-refractivity contribution < 1.29 is 14.3 Å². The number of carboxylic acids is 1. The smallest absolute Gasteiger partial charge is 0.336 e. The van der Waals surface area contributed by atoms with Crippen LogP contribution in [0.1, 0.15) is 51.0 Å². The normalized spacial score (nSPS) is 14.2. The molecular formula is C23H26ClFN2O2. The van der Waals surface area contributed by atoms with Crippen molar-refractivity contribution in [2.75, 3.05) is 18.0 Å². The first-order chi connectivity index (χ1) is 13.3. The number of hydrogen-bond donors (Lipinski definition) is 1. The van der Waals surface area contributed by atoms with Gasteiger partial charge in [-0.2, -0.15) is 5.26 Å². The molecule has 6 heteroatoms. The van der Waals surface area contributed by atoms with Crippen molar-refractivity contribution in [3.63, 3.8) is 0 Å². The summed E-state index contributed by atoms with van der Waals surface area (Å²) in [6.45, 7) is 7.42. The lowest BCUT2D eigenvalue weighted by Gasteiger charge is -2.34. The zero-order valence-electron chi connectivity index (χ0n) is 17.0. The van der Waals surface area contributed by atoms with Crippen molar-refractivity contribution in [3.05, 3.63) is 63.5 Å². The molecule has 29 heavy (non-hydrogen) atoms. The number of carboxylic acid groups (broad SMARTS) is 1. The lowest BCUT2D eigenvalue weighted by atomic mass is 9.84. The van der Waals surface area contributed by atoms with Gasteiger partial charge in [-0.15, -0.1) is 12.4 Å². The van der Waals surface area contributed by atoms with E-state index in [0.717, 1.165) is 60.3 Å². The molecule has 0 aromatic heterocycles. The van der Waals surface area contributed by atoms with Crippen LogP contribution < -0.4 is 4.90 Å². The minimum atomic E-state index is -0.869. The lowest BCUT2D eigenvalue weighted by molar-refractivity contribution is 0.0695. The summed E-state index contributed by atoms with van der Waals surface area (Å²) >= 11 is 0. The van der Waals surface area contributed by atoms with Gasteiger partial charge in [0.05, 0.1) is 16.8 Å². The SMILES string of the molecule is Cc1cc(C)c(C(=O)O)c(C)c1CC1CCN(c2ccc(F)cc2C#N)CC1.Cl. The lowest BCUT2D eigenvalue weighted by Crippen LogP contribution is -2.35. The van der Waals surface area contributed by atoms with Crippen LogP contribution >= 0.6 is 12.4 Å².